The van der Waals surface area contributed by atoms with Crippen molar-refractivity contribution in [2.45, 2.75) is 12.3 Å². The minimum Gasteiger partial charge on any atom is -0.436 e. The van der Waals surface area contributed by atoms with Crippen molar-refractivity contribution in [1.29, 1.82) is 0 Å². The van der Waals surface area contributed by atoms with Gasteiger partial charge in [-0.1, -0.05) is 122 Å². The first-order valence-corrected chi connectivity index (χ1v) is 13.0. The predicted molar refractivity (Wildman–Crippen MR) is 160 cm³/mol. The maximum atomic E-state index is 6.05. The summed E-state index contributed by atoms with van der Waals surface area (Å²) in [6.45, 7) is 7.81. The lowest BCUT2D eigenvalue weighted by atomic mass is 9.95. The largest absolute Gasteiger partial charge is 0.436 e. The van der Waals surface area contributed by atoms with Crippen LogP contribution in [0, 0.1) is 0 Å². The van der Waals surface area contributed by atoms with Gasteiger partial charge in [-0.25, -0.2) is 15.0 Å². The Bertz CT molecular complexity index is 1760. The fraction of sp³-hybridized carbons (Fsp3) is 0.0571. The molecule has 0 N–H and O–H groups in total. The van der Waals surface area contributed by atoms with Gasteiger partial charge in [-0.15, -0.1) is 0 Å². The van der Waals surface area contributed by atoms with E-state index in [4.69, 9.17) is 19.4 Å². The number of hydrogen-bond acceptors (Lipinski definition) is 4. The van der Waals surface area contributed by atoms with E-state index in [9.17, 15) is 0 Å². The van der Waals surface area contributed by atoms with Gasteiger partial charge in [0.2, 0.25) is 5.89 Å². The first-order chi connectivity index (χ1) is 19.2. The van der Waals surface area contributed by atoms with Crippen LogP contribution in [0.2, 0.25) is 0 Å². The number of oxazole rings is 1. The molecule has 0 bridgehead atoms. The number of fused-ring (bicyclic) bond motifs is 1. The van der Waals surface area contributed by atoms with E-state index >= 15 is 0 Å². The summed E-state index contributed by atoms with van der Waals surface area (Å²) in [5.74, 6) is 1.33. The van der Waals surface area contributed by atoms with Crippen LogP contribution in [-0.2, 0) is 0 Å². The van der Waals surface area contributed by atoms with Gasteiger partial charge in [0.15, 0.2) is 11.4 Å². The number of nitrogens with zero attached hydrogens (tertiary/aromatic N) is 3. The minimum absolute atomic E-state index is 0.176. The molecule has 1 aliphatic carbocycles. The quantitative estimate of drug-likeness (QED) is 0.207. The van der Waals surface area contributed by atoms with Gasteiger partial charge in [0, 0.05) is 22.6 Å². The van der Waals surface area contributed by atoms with E-state index in [2.05, 4.69) is 92.1 Å². The molecule has 6 rings (SSSR count). The van der Waals surface area contributed by atoms with Gasteiger partial charge >= 0.3 is 0 Å². The second kappa shape index (κ2) is 10.7. The standard InChI is InChI=1S/C35H27N3O/c1-3-4-12-24(2)35-38-33-29(17-11-18-32(33)39-35)31-23-30(27-15-9-6-10-16-27)36-34(37-31)28-21-19-26(20-22-28)25-13-7-5-8-14-25/h3-15,17-23,27H,1-2,16H2/b12-4-. The Balaban J connectivity index is 1.46. The number of aromatic nitrogens is 3. The highest BCUT2D eigenvalue weighted by Gasteiger charge is 2.19. The van der Waals surface area contributed by atoms with Crippen LogP contribution >= 0.6 is 0 Å². The average molecular weight is 506 g/mol. The summed E-state index contributed by atoms with van der Waals surface area (Å²) in [4.78, 5) is 14.9. The van der Waals surface area contributed by atoms with Gasteiger partial charge in [-0.3, -0.25) is 0 Å². The molecule has 39 heavy (non-hydrogen) atoms. The maximum absolute atomic E-state index is 6.05. The first kappa shape index (κ1) is 24.3. The lowest BCUT2D eigenvalue weighted by molar-refractivity contribution is 0.586. The van der Waals surface area contributed by atoms with Crippen molar-refractivity contribution in [2.75, 3.05) is 0 Å². The summed E-state index contributed by atoms with van der Waals surface area (Å²) in [5, 5.41) is 0. The Kier molecular flexibility index (Phi) is 6.67. The zero-order valence-corrected chi connectivity index (χ0v) is 21.5. The molecule has 2 heterocycles. The fourth-order valence-corrected chi connectivity index (χ4v) is 4.71. The maximum Gasteiger partial charge on any atom is 0.226 e. The van der Waals surface area contributed by atoms with E-state index in [0.717, 1.165) is 40.0 Å². The van der Waals surface area contributed by atoms with Crippen molar-refractivity contribution in [3.8, 4) is 33.8 Å². The molecule has 0 aliphatic heterocycles. The summed E-state index contributed by atoms with van der Waals surface area (Å²) in [5.41, 5.74) is 8.08. The van der Waals surface area contributed by atoms with E-state index in [1.807, 2.05) is 36.4 Å². The molecule has 1 aliphatic rings. The van der Waals surface area contributed by atoms with E-state index < -0.39 is 0 Å². The van der Waals surface area contributed by atoms with Gasteiger partial charge in [0.25, 0.3) is 0 Å². The number of rotatable bonds is 7. The Morgan fingerprint density at radius 3 is 2.41 bits per heavy atom. The number of benzene rings is 3. The summed E-state index contributed by atoms with van der Waals surface area (Å²) in [7, 11) is 0. The molecule has 2 aromatic heterocycles. The van der Waals surface area contributed by atoms with Gasteiger partial charge < -0.3 is 4.42 Å². The molecule has 4 heteroatoms. The summed E-state index contributed by atoms with van der Waals surface area (Å²) < 4.78 is 6.05. The van der Waals surface area contributed by atoms with Crippen molar-refractivity contribution in [3.63, 3.8) is 0 Å². The third kappa shape index (κ3) is 5.05. The van der Waals surface area contributed by atoms with Crippen LogP contribution < -0.4 is 0 Å². The lowest BCUT2D eigenvalue weighted by Crippen LogP contribution is -2.04. The van der Waals surface area contributed by atoms with Crippen LogP contribution in [-0.4, -0.2) is 15.0 Å². The highest BCUT2D eigenvalue weighted by atomic mass is 16.3. The molecule has 0 radical (unpaired) electrons. The van der Waals surface area contributed by atoms with Crippen LogP contribution in [0.3, 0.4) is 0 Å². The third-order valence-corrected chi connectivity index (χ3v) is 6.76. The molecular formula is C35H27N3O. The van der Waals surface area contributed by atoms with Crippen LogP contribution in [0.25, 0.3) is 50.4 Å². The molecule has 0 saturated carbocycles. The Labute approximate surface area is 228 Å². The van der Waals surface area contributed by atoms with Crippen LogP contribution in [0.4, 0.5) is 0 Å². The predicted octanol–water partition coefficient (Wildman–Crippen LogP) is 8.97. The molecule has 0 fully saturated rings. The summed E-state index contributed by atoms with van der Waals surface area (Å²) in [6.07, 6.45) is 14.8. The number of para-hydroxylation sites is 1. The highest BCUT2D eigenvalue weighted by Crippen LogP contribution is 2.34. The summed E-state index contributed by atoms with van der Waals surface area (Å²) in [6, 6.07) is 26.8. The van der Waals surface area contributed by atoms with Crippen LogP contribution in [0.1, 0.15) is 23.9 Å². The Morgan fingerprint density at radius 1 is 0.846 bits per heavy atom. The van der Waals surface area contributed by atoms with Crippen molar-refractivity contribution < 1.29 is 4.42 Å². The third-order valence-electron chi connectivity index (χ3n) is 6.76. The van der Waals surface area contributed by atoms with E-state index in [1.54, 1.807) is 6.08 Å². The zero-order valence-electron chi connectivity index (χ0n) is 21.5. The monoisotopic (exact) mass is 505 g/mol. The molecular weight excluding hydrogens is 478 g/mol. The first-order valence-electron chi connectivity index (χ1n) is 13.0. The van der Waals surface area contributed by atoms with Gasteiger partial charge in [-0.2, -0.15) is 0 Å². The molecule has 0 amide bonds. The molecule has 4 nitrogen and oxygen atoms in total. The van der Waals surface area contributed by atoms with Gasteiger partial charge in [0.1, 0.15) is 5.52 Å². The number of hydrogen-bond donors (Lipinski definition) is 0. The molecule has 5 aromatic rings. The van der Waals surface area contributed by atoms with E-state index in [1.165, 1.54) is 5.56 Å². The second-order valence-corrected chi connectivity index (χ2v) is 9.39. The normalized spacial score (nSPS) is 14.7. The molecule has 0 spiro atoms. The fourth-order valence-electron chi connectivity index (χ4n) is 4.71. The van der Waals surface area contributed by atoms with Gasteiger partial charge in [0.05, 0.1) is 11.4 Å². The van der Waals surface area contributed by atoms with Crippen LogP contribution in [0.5, 0.6) is 0 Å². The molecule has 1 unspecified atom stereocenters. The smallest absolute Gasteiger partial charge is 0.226 e. The van der Waals surface area contributed by atoms with E-state index in [-0.39, 0.29) is 5.92 Å². The van der Waals surface area contributed by atoms with Crippen LogP contribution in [0.15, 0.2) is 139 Å². The molecule has 188 valence electrons. The Morgan fingerprint density at radius 2 is 1.64 bits per heavy atom. The molecule has 3 aromatic carbocycles. The van der Waals surface area contributed by atoms with E-state index in [0.29, 0.717) is 22.9 Å². The molecule has 1 atom stereocenters. The van der Waals surface area contributed by atoms with Crippen molar-refractivity contribution >= 4 is 16.7 Å². The highest BCUT2D eigenvalue weighted by molar-refractivity contribution is 5.91. The second-order valence-electron chi connectivity index (χ2n) is 9.39. The molecule has 0 saturated heterocycles. The SMILES string of the molecule is C=C/C=C\C(=C)c1nc2c(-c3cc(C4C=CC=CC4)nc(-c4ccc(-c5ccccc5)cc4)n3)cccc2o1. The average Bonchev–Trinajstić information content (AvgIpc) is 3.45. The summed E-state index contributed by atoms with van der Waals surface area (Å²) >= 11 is 0. The van der Waals surface area contributed by atoms with Crippen molar-refractivity contribution in [1.82, 2.24) is 15.0 Å². The zero-order chi connectivity index (χ0) is 26.6. The minimum atomic E-state index is 0.176. The lowest BCUT2D eigenvalue weighted by Gasteiger charge is -2.15. The topological polar surface area (TPSA) is 51.8 Å². The van der Waals surface area contributed by atoms with Gasteiger partial charge in [-0.05, 0) is 29.7 Å². The Hall–Kier alpha value is -5.09. The number of allylic oxidation sites excluding steroid dienone is 8. The van der Waals surface area contributed by atoms with Crippen molar-refractivity contribution in [3.05, 3.63) is 146 Å². The van der Waals surface area contributed by atoms with Crippen molar-refractivity contribution in [2.24, 2.45) is 0 Å².